The van der Waals surface area contributed by atoms with Crippen molar-refractivity contribution in [3.05, 3.63) is 12.0 Å². The fourth-order valence-electron chi connectivity index (χ4n) is 3.06. The molecule has 0 bridgehead atoms. The molecule has 0 aromatic carbocycles. The predicted molar refractivity (Wildman–Crippen MR) is 83.4 cm³/mol. The van der Waals surface area contributed by atoms with E-state index in [0.29, 0.717) is 11.1 Å². The number of aromatic nitrogens is 1. The van der Waals surface area contributed by atoms with Crippen LogP contribution in [-0.2, 0) is 4.79 Å². The molecular formula is C16H25NO3S. The Morgan fingerprint density at radius 1 is 1.52 bits per heavy atom. The van der Waals surface area contributed by atoms with E-state index < -0.39 is 5.97 Å². The van der Waals surface area contributed by atoms with Crippen molar-refractivity contribution in [2.45, 2.75) is 63.9 Å². The predicted octanol–water partition coefficient (Wildman–Crippen LogP) is 4.38. The molecule has 1 heterocycles. The van der Waals surface area contributed by atoms with Gasteiger partial charge >= 0.3 is 5.97 Å². The molecule has 1 aromatic heterocycles. The lowest BCUT2D eigenvalue weighted by molar-refractivity contribution is -0.143. The summed E-state index contributed by atoms with van der Waals surface area (Å²) < 4.78 is 5.40. The number of carbonyl (C=O) groups is 1. The van der Waals surface area contributed by atoms with E-state index in [4.69, 9.17) is 4.42 Å². The molecule has 0 aliphatic heterocycles. The van der Waals surface area contributed by atoms with Gasteiger partial charge in [0.25, 0.3) is 5.22 Å². The standard InChI is InChI=1S/C16H25NO3S/c1-5-16(3,4)11-6-7-12(14(18)19)13(8-11)21-15-17-10(2)9-20-15/h9,11-13H,5-8H2,1-4H3,(H,18,19). The van der Waals surface area contributed by atoms with Gasteiger partial charge in [0.15, 0.2) is 0 Å². The summed E-state index contributed by atoms with van der Waals surface area (Å²) in [4.78, 5) is 15.8. The normalized spacial score (nSPS) is 26.8. The topological polar surface area (TPSA) is 63.3 Å². The molecule has 0 saturated heterocycles. The van der Waals surface area contributed by atoms with Crippen LogP contribution in [0.5, 0.6) is 0 Å². The molecule has 0 radical (unpaired) electrons. The highest BCUT2D eigenvalue weighted by molar-refractivity contribution is 7.99. The molecule has 1 saturated carbocycles. The number of nitrogens with zero attached hydrogens (tertiary/aromatic N) is 1. The molecular weight excluding hydrogens is 286 g/mol. The van der Waals surface area contributed by atoms with Crippen LogP contribution in [0.15, 0.2) is 15.9 Å². The first-order valence-corrected chi connectivity index (χ1v) is 8.53. The van der Waals surface area contributed by atoms with Crippen LogP contribution in [-0.4, -0.2) is 21.3 Å². The van der Waals surface area contributed by atoms with Crippen molar-refractivity contribution in [2.75, 3.05) is 0 Å². The zero-order valence-corrected chi connectivity index (χ0v) is 14.1. The SMILES string of the molecule is CCC(C)(C)C1CCC(C(=O)O)C(Sc2nc(C)co2)C1. The van der Waals surface area contributed by atoms with E-state index in [1.807, 2.05) is 6.92 Å². The van der Waals surface area contributed by atoms with Crippen molar-refractivity contribution in [3.8, 4) is 0 Å². The lowest BCUT2D eigenvalue weighted by atomic mass is 9.67. The van der Waals surface area contributed by atoms with Gasteiger partial charge in [-0.2, -0.15) is 0 Å². The van der Waals surface area contributed by atoms with Crippen molar-refractivity contribution < 1.29 is 14.3 Å². The van der Waals surface area contributed by atoms with Gasteiger partial charge in [0.1, 0.15) is 6.26 Å². The Balaban J connectivity index is 2.13. The average molecular weight is 311 g/mol. The molecule has 1 fully saturated rings. The summed E-state index contributed by atoms with van der Waals surface area (Å²) in [7, 11) is 0. The van der Waals surface area contributed by atoms with Crippen molar-refractivity contribution in [1.82, 2.24) is 4.98 Å². The first-order chi connectivity index (χ1) is 9.83. The van der Waals surface area contributed by atoms with Gasteiger partial charge in [0.2, 0.25) is 0 Å². The van der Waals surface area contributed by atoms with E-state index in [-0.39, 0.29) is 16.6 Å². The first kappa shape index (κ1) is 16.4. The zero-order chi connectivity index (χ0) is 15.6. The van der Waals surface area contributed by atoms with Gasteiger partial charge in [0.05, 0.1) is 11.6 Å². The highest BCUT2D eigenvalue weighted by Crippen LogP contribution is 2.47. The summed E-state index contributed by atoms with van der Waals surface area (Å²) in [6, 6.07) is 0. The van der Waals surface area contributed by atoms with E-state index in [0.717, 1.165) is 31.4 Å². The number of hydrogen-bond donors (Lipinski definition) is 1. The summed E-state index contributed by atoms with van der Waals surface area (Å²) in [5.74, 6) is -0.429. The Kier molecular flexibility index (Phi) is 5.02. The van der Waals surface area contributed by atoms with Gasteiger partial charge in [-0.05, 0) is 37.5 Å². The third kappa shape index (κ3) is 3.82. The van der Waals surface area contributed by atoms with Crippen LogP contribution in [0.4, 0.5) is 0 Å². The monoisotopic (exact) mass is 311 g/mol. The van der Waals surface area contributed by atoms with Gasteiger partial charge in [0, 0.05) is 5.25 Å². The van der Waals surface area contributed by atoms with E-state index in [2.05, 4.69) is 25.8 Å². The second kappa shape index (κ2) is 6.42. The van der Waals surface area contributed by atoms with Crippen molar-refractivity contribution in [3.63, 3.8) is 0 Å². The Hall–Kier alpha value is -0.970. The Morgan fingerprint density at radius 2 is 2.24 bits per heavy atom. The van der Waals surface area contributed by atoms with Crippen LogP contribution < -0.4 is 0 Å². The number of hydrogen-bond acceptors (Lipinski definition) is 4. The van der Waals surface area contributed by atoms with Crippen molar-refractivity contribution in [1.29, 1.82) is 0 Å². The van der Waals surface area contributed by atoms with Crippen LogP contribution in [0.1, 0.15) is 52.1 Å². The van der Waals surface area contributed by atoms with Crippen LogP contribution in [0.3, 0.4) is 0 Å². The minimum absolute atomic E-state index is 0.0464. The van der Waals surface area contributed by atoms with Gasteiger partial charge < -0.3 is 9.52 Å². The highest BCUT2D eigenvalue weighted by Gasteiger charge is 2.41. The molecule has 5 heteroatoms. The Morgan fingerprint density at radius 3 is 2.76 bits per heavy atom. The first-order valence-electron chi connectivity index (χ1n) is 7.65. The van der Waals surface area contributed by atoms with Crippen LogP contribution in [0.2, 0.25) is 0 Å². The van der Waals surface area contributed by atoms with Gasteiger partial charge in [-0.15, -0.1) is 0 Å². The molecule has 4 nitrogen and oxygen atoms in total. The quantitative estimate of drug-likeness (QED) is 0.874. The fourth-order valence-corrected chi connectivity index (χ4v) is 4.36. The maximum Gasteiger partial charge on any atom is 0.307 e. The second-order valence-corrected chi connectivity index (χ2v) is 7.90. The van der Waals surface area contributed by atoms with Crippen LogP contribution >= 0.6 is 11.8 Å². The summed E-state index contributed by atoms with van der Waals surface area (Å²) in [5, 5.41) is 10.1. The number of oxazole rings is 1. The molecule has 1 aromatic rings. The molecule has 1 aliphatic rings. The Labute approximate surface area is 130 Å². The third-order valence-corrected chi connectivity index (χ3v) is 6.19. The van der Waals surface area contributed by atoms with E-state index in [1.165, 1.54) is 11.8 Å². The van der Waals surface area contributed by atoms with Gasteiger partial charge in [-0.1, -0.05) is 39.0 Å². The molecule has 1 aliphatic carbocycles. The summed E-state index contributed by atoms with van der Waals surface area (Å²) in [6.07, 6.45) is 5.41. The number of thioether (sulfide) groups is 1. The largest absolute Gasteiger partial charge is 0.481 e. The summed E-state index contributed by atoms with van der Waals surface area (Å²) in [6.45, 7) is 8.67. The fraction of sp³-hybridized carbons (Fsp3) is 0.750. The smallest absolute Gasteiger partial charge is 0.307 e. The minimum atomic E-state index is -0.691. The lowest BCUT2D eigenvalue weighted by Crippen LogP contribution is -2.37. The number of carboxylic acid groups (broad SMARTS) is 1. The average Bonchev–Trinajstić information content (AvgIpc) is 2.83. The molecule has 2 rings (SSSR count). The molecule has 3 atom stereocenters. The Bertz CT molecular complexity index is 497. The van der Waals surface area contributed by atoms with Crippen molar-refractivity contribution >= 4 is 17.7 Å². The summed E-state index contributed by atoms with van der Waals surface area (Å²) in [5.41, 5.74) is 1.10. The number of rotatable bonds is 5. The second-order valence-electron chi connectivity index (χ2n) is 6.71. The maximum absolute atomic E-state index is 11.5. The molecule has 118 valence electrons. The lowest BCUT2D eigenvalue weighted by Gasteiger charge is -2.41. The number of aryl methyl sites for hydroxylation is 1. The number of carboxylic acids is 1. The maximum atomic E-state index is 11.5. The molecule has 0 spiro atoms. The zero-order valence-electron chi connectivity index (χ0n) is 13.3. The van der Waals surface area contributed by atoms with Crippen LogP contribution in [0.25, 0.3) is 0 Å². The molecule has 1 N–H and O–H groups in total. The van der Waals surface area contributed by atoms with Gasteiger partial charge in [-0.3, -0.25) is 4.79 Å². The van der Waals surface area contributed by atoms with E-state index >= 15 is 0 Å². The molecule has 21 heavy (non-hydrogen) atoms. The third-order valence-electron chi connectivity index (χ3n) is 4.98. The molecule has 0 amide bonds. The summed E-state index contributed by atoms with van der Waals surface area (Å²) >= 11 is 1.49. The molecule has 3 unspecified atom stereocenters. The van der Waals surface area contributed by atoms with E-state index in [9.17, 15) is 9.90 Å². The van der Waals surface area contributed by atoms with E-state index in [1.54, 1.807) is 6.26 Å². The van der Waals surface area contributed by atoms with Crippen molar-refractivity contribution in [2.24, 2.45) is 17.3 Å². The minimum Gasteiger partial charge on any atom is -0.481 e. The van der Waals surface area contributed by atoms with Crippen LogP contribution in [0, 0.1) is 24.2 Å². The highest BCUT2D eigenvalue weighted by atomic mass is 32.2. The van der Waals surface area contributed by atoms with Gasteiger partial charge in [-0.25, -0.2) is 4.98 Å². The number of aliphatic carboxylic acids is 1.